The Labute approximate surface area is 109 Å². The summed E-state index contributed by atoms with van der Waals surface area (Å²) in [6, 6.07) is 0. The van der Waals surface area contributed by atoms with Gasteiger partial charge in [-0.1, -0.05) is 5.16 Å². The molecule has 1 saturated heterocycles. The molecule has 0 radical (unpaired) electrons. The Balaban J connectivity index is 1.56. The standard InChI is InChI=1S/C13H25N3O2/c1-15-6-8-16(9-7-15)10-11-18-13-4-2-12(14-17)3-5-13/h13,17H,2-11H2,1H3. The molecule has 18 heavy (non-hydrogen) atoms. The number of hydrogen-bond donors (Lipinski definition) is 1. The maximum atomic E-state index is 8.68. The highest BCUT2D eigenvalue weighted by Gasteiger charge is 2.19. The molecule has 1 heterocycles. The van der Waals surface area contributed by atoms with E-state index in [0.29, 0.717) is 6.10 Å². The summed E-state index contributed by atoms with van der Waals surface area (Å²) >= 11 is 0. The molecule has 1 saturated carbocycles. The van der Waals surface area contributed by atoms with E-state index in [0.717, 1.165) is 57.6 Å². The zero-order valence-corrected chi connectivity index (χ0v) is 11.3. The zero-order chi connectivity index (χ0) is 12.8. The number of likely N-dealkylation sites (N-methyl/N-ethyl adjacent to an activating group) is 1. The van der Waals surface area contributed by atoms with E-state index in [-0.39, 0.29) is 0 Å². The summed E-state index contributed by atoms with van der Waals surface area (Å²) in [5, 5.41) is 12.0. The molecule has 0 atom stereocenters. The largest absolute Gasteiger partial charge is 0.411 e. The number of nitrogens with zero attached hydrogens (tertiary/aromatic N) is 3. The summed E-state index contributed by atoms with van der Waals surface area (Å²) < 4.78 is 5.91. The van der Waals surface area contributed by atoms with Gasteiger partial charge in [0.1, 0.15) is 0 Å². The van der Waals surface area contributed by atoms with E-state index in [1.807, 2.05) is 0 Å². The predicted octanol–water partition coefficient (Wildman–Crippen LogP) is 1.02. The van der Waals surface area contributed by atoms with Crippen LogP contribution in [0, 0.1) is 0 Å². The van der Waals surface area contributed by atoms with E-state index in [9.17, 15) is 0 Å². The highest BCUT2D eigenvalue weighted by molar-refractivity contribution is 5.84. The molecule has 0 spiro atoms. The fourth-order valence-corrected chi connectivity index (χ4v) is 2.61. The molecule has 2 aliphatic rings. The van der Waals surface area contributed by atoms with Crippen LogP contribution in [0.1, 0.15) is 25.7 Å². The van der Waals surface area contributed by atoms with Crippen molar-refractivity contribution in [1.29, 1.82) is 0 Å². The molecule has 0 bridgehead atoms. The molecule has 104 valence electrons. The summed E-state index contributed by atoms with van der Waals surface area (Å²) in [5.74, 6) is 0. The molecule has 0 aromatic rings. The Morgan fingerprint density at radius 3 is 2.50 bits per heavy atom. The molecule has 0 aromatic carbocycles. The van der Waals surface area contributed by atoms with Crippen molar-refractivity contribution in [2.45, 2.75) is 31.8 Å². The molecule has 2 fully saturated rings. The van der Waals surface area contributed by atoms with Gasteiger partial charge in [-0.3, -0.25) is 4.90 Å². The number of ether oxygens (including phenoxy) is 1. The summed E-state index contributed by atoms with van der Waals surface area (Å²) in [6.45, 7) is 6.53. The molecule has 1 aliphatic heterocycles. The normalized spacial score (nSPS) is 27.4. The summed E-state index contributed by atoms with van der Waals surface area (Å²) in [6.07, 6.45) is 4.14. The van der Waals surface area contributed by atoms with Crippen LogP contribution < -0.4 is 0 Å². The lowest BCUT2D eigenvalue weighted by atomic mass is 9.96. The minimum atomic E-state index is 0.364. The lowest BCUT2D eigenvalue weighted by Gasteiger charge is -2.32. The van der Waals surface area contributed by atoms with Crippen LogP contribution in [-0.4, -0.2) is 73.2 Å². The first kappa shape index (κ1) is 13.8. The molecule has 0 aromatic heterocycles. The Morgan fingerprint density at radius 1 is 1.22 bits per heavy atom. The molecular formula is C13H25N3O2. The Kier molecular flexibility index (Phi) is 5.41. The predicted molar refractivity (Wildman–Crippen MR) is 71.4 cm³/mol. The second kappa shape index (κ2) is 7.07. The van der Waals surface area contributed by atoms with Crippen molar-refractivity contribution in [2.24, 2.45) is 5.16 Å². The van der Waals surface area contributed by atoms with Crippen LogP contribution >= 0.6 is 0 Å². The number of oxime groups is 1. The summed E-state index contributed by atoms with van der Waals surface area (Å²) in [5.41, 5.74) is 0.925. The van der Waals surface area contributed by atoms with Gasteiger partial charge in [-0.25, -0.2) is 0 Å². The van der Waals surface area contributed by atoms with E-state index in [1.165, 1.54) is 13.1 Å². The van der Waals surface area contributed by atoms with Gasteiger partial charge in [0, 0.05) is 32.7 Å². The van der Waals surface area contributed by atoms with Gasteiger partial charge >= 0.3 is 0 Å². The molecule has 1 N–H and O–H groups in total. The third-order valence-electron chi connectivity index (χ3n) is 4.01. The van der Waals surface area contributed by atoms with Crippen LogP contribution in [0.15, 0.2) is 5.16 Å². The van der Waals surface area contributed by atoms with Crippen molar-refractivity contribution in [3.8, 4) is 0 Å². The number of piperazine rings is 1. The smallest absolute Gasteiger partial charge is 0.0597 e. The van der Waals surface area contributed by atoms with Gasteiger partial charge < -0.3 is 14.8 Å². The first-order valence-electron chi connectivity index (χ1n) is 7.00. The Hall–Kier alpha value is -0.650. The fraction of sp³-hybridized carbons (Fsp3) is 0.923. The minimum absolute atomic E-state index is 0.364. The number of rotatable bonds is 4. The van der Waals surface area contributed by atoms with Crippen molar-refractivity contribution in [1.82, 2.24) is 9.80 Å². The molecule has 1 aliphatic carbocycles. The van der Waals surface area contributed by atoms with Crippen molar-refractivity contribution in [3.05, 3.63) is 0 Å². The SMILES string of the molecule is CN1CCN(CCOC2CCC(=NO)CC2)CC1. The zero-order valence-electron chi connectivity index (χ0n) is 11.3. The summed E-state index contributed by atoms with van der Waals surface area (Å²) in [4.78, 5) is 4.84. The van der Waals surface area contributed by atoms with Gasteiger partial charge in [0.2, 0.25) is 0 Å². The average Bonchev–Trinajstić information content (AvgIpc) is 2.42. The first-order valence-corrected chi connectivity index (χ1v) is 7.00. The third kappa shape index (κ3) is 4.23. The second-order valence-electron chi connectivity index (χ2n) is 5.38. The van der Waals surface area contributed by atoms with Gasteiger partial charge in [-0.15, -0.1) is 0 Å². The molecule has 2 rings (SSSR count). The van der Waals surface area contributed by atoms with E-state index in [1.54, 1.807) is 0 Å². The van der Waals surface area contributed by atoms with Crippen molar-refractivity contribution < 1.29 is 9.94 Å². The van der Waals surface area contributed by atoms with Crippen LogP contribution in [0.25, 0.3) is 0 Å². The minimum Gasteiger partial charge on any atom is -0.411 e. The molecule has 0 unspecified atom stereocenters. The van der Waals surface area contributed by atoms with Gasteiger partial charge in [0.15, 0.2) is 0 Å². The highest BCUT2D eigenvalue weighted by atomic mass is 16.5. The first-order chi connectivity index (χ1) is 8.78. The molecule has 0 amide bonds. The topological polar surface area (TPSA) is 48.3 Å². The Morgan fingerprint density at radius 2 is 1.89 bits per heavy atom. The van der Waals surface area contributed by atoms with Crippen LogP contribution in [0.5, 0.6) is 0 Å². The van der Waals surface area contributed by atoms with Gasteiger partial charge in [-0.05, 0) is 32.7 Å². The molecule has 5 nitrogen and oxygen atoms in total. The van der Waals surface area contributed by atoms with E-state index in [4.69, 9.17) is 9.94 Å². The average molecular weight is 255 g/mol. The lowest BCUT2D eigenvalue weighted by molar-refractivity contribution is 0.0194. The third-order valence-corrected chi connectivity index (χ3v) is 4.01. The molecule has 5 heteroatoms. The van der Waals surface area contributed by atoms with Crippen LogP contribution in [0.3, 0.4) is 0 Å². The van der Waals surface area contributed by atoms with E-state index < -0.39 is 0 Å². The quantitative estimate of drug-likeness (QED) is 0.602. The van der Waals surface area contributed by atoms with Crippen LogP contribution in [0.2, 0.25) is 0 Å². The van der Waals surface area contributed by atoms with Gasteiger partial charge in [0.05, 0.1) is 18.4 Å². The van der Waals surface area contributed by atoms with Gasteiger partial charge in [0.25, 0.3) is 0 Å². The van der Waals surface area contributed by atoms with Crippen LogP contribution in [0.4, 0.5) is 0 Å². The Bertz CT molecular complexity index is 265. The maximum absolute atomic E-state index is 8.68. The second-order valence-corrected chi connectivity index (χ2v) is 5.38. The van der Waals surface area contributed by atoms with Crippen molar-refractivity contribution >= 4 is 5.71 Å². The van der Waals surface area contributed by atoms with E-state index in [2.05, 4.69) is 22.0 Å². The van der Waals surface area contributed by atoms with E-state index >= 15 is 0 Å². The highest BCUT2D eigenvalue weighted by Crippen LogP contribution is 2.18. The summed E-state index contributed by atoms with van der Waals surface area (Å²) in [7, 11) is 2.18. The van der Waals surface area contributed by atoms with Crippen molar-refractivity contribution in [2.75, 3.05) is 46.4 Å². The van der Waals surface area contributed by atoms with Crippen LogP contribution in [-0.2, 0) is 4.74 Å². The monoisotopic (exact) mass is 255 g/mol. The van der Waals surface area contributed by atoms with Crippen molar-refractivity contribution in [3.63, 3.8) is 0 Å². The van der Waals surface area contributed by atoms with Gasteiger partial charge in [-0.2, -0.15) is 0 Å². The maximum Gasteiger partial charge on any atom is 0.0597 e. The lowest BCUT2D eigenvalue weighted by Crippen LogP contribution is -2.45. The number of hydrogen-bond acceptors (Lipinski definition) is 5. The molecular weight excluding hydrogens is 230 g/mol. The fourth-order valence-electron chi connectivity index (χ4n) is 2.61.